The number of rotatable bonds is 14. The van der Waals surface area contributed by atoms with Crippen molar-refractivity contribution < 1.29 is 0 Å². The van der Waals surface area contributed by atoms with Crippen molar-refractivity contribution in [2.24, 2.45) is 0 Å². The van der Waals surface area contributed by atoms with E-state index in [4.69, 9.17) is 0 Å². The maximum atomic E-state index is 2.47. The van der Waals surface area contributed by atoms with Crippen LogP contribution in [0.3, 0.4) is 0 Å². The smallest absolute Gasteiger partial charge is 0.00861 e. The normalized spacial score (nSPS) is 13.3. The molecule has 4 heteroatoms. The summed E-state index contributed by atoms with van der Waals surface area (Å²) in [6.07, 6.45) is 0. The molecule has 8 aromatic carbocycles. The van der Waals surface area contributed by atoms with Gasteiger partial charge in [0, 0.05) is 0 Å². The zero-order chi connectivity index (χ0) is 41.5. The maximum Gasteiger partial charge on any atom is -0.00861 e. The average molecular weight is 853 g/mol. The van der Waals surface area contributed by atoms with E-state index < -0.39 is 31.7 Å². The molecule has 60 heavy (non-hydrogen) atoms. The van der Waals surface area contributed by atoms with Gasteiger partial charge < -0.3 is 0 Å². The first-order valence-electron chi connectivity index (χ1n) is 21.1. The van der Waals surface area contributed by atoms with E-state index in [1.165, 1.54) is 42.4 Å². The Morgan fingerprint density at radius 3 is 0.383 bits per heavy atom. The quantitative estimate of drug-likeness (QED) is 0.0956. The minimum absolute atomic E-state index is 0.448. The molecular weight excluding hydrogens is 797 g/mol. The first-order chi connectivity index (χ1) is 29.5. The van der Waals surface area contributed by atoms with Crippen LogP contribution >= 0.6 is 31.7 Å². The molecule has 0 aliphatic heterocycles. The summed E-state index contributed by atoms with van der Waals surface area (Å²) in [5.41, 5.74) is 2.21. The van der Waals surface area contributed by atoms with Crippen molar-refractivity contribution in [3.05, 3.63) is 243 Å². The summed E-state index contributed by atoms with van der Waals surface area (Å²) in [5, 5.41) is 11.7. The van der Waals surface area contributed by atoms with Crippen LogP contribution in [0.25, 0.3) is 0 Å². The van der Waals surface area contributed by atoms with Gasteiger partial charge in [0.25, 0.3) is 0 Å². The third kappa shape index (κ3) is 11.0. The predicted octanol–water partition coefficient (Wildman–Crippen LogP) is 12.1. The molecule has 0 aliphatic carbocycles. The van der Waals surface area contributed by atoms with Crippen LogP contribution in [-0.2, 0) is 0 Å². The molecule has 0 saturated carbocycles. The van der Waals surface area contributed by atoms with E-state index in [1.807, 2.05) is 0 Å². The second kappa shape index (κ2) is 22.4. The largest absolute Gasteiger partial charge is 0.0622 e. The Labute approximate surface area is 365 Å². The van der Waals surface area contributed by atoms with E-state index in [0.717, 1.165) is 0 Å². The van der Waals surface area contributed by atoms with Gasteiger partial charge in [-0.25, -0.2) is 0 Å². The molecule has 0 fully saturated rings. The van der Waals surface area contributed by atoms with Crippen LogP contribution in [0, 0.1) is 0 Å². The Morgan fingerprint density at radius 2 is 0.283 bits per heavy atom. The van der Waals surface area contributed by atoms with Crippen LogP contribution in [0.15, 0.2) is 243 Å². The molecule has 0 bridgehead atoms. The summed E-state index contributed by atoms with van der Waals surface area (Å²) in [7, 11) is -1.79. The van der Waals surface area contributed by atoms with Gasteiger partial charge in [0.1, 0.15) is 0 Å². The van der Waals surface area contributed by atoms with Crippen molar-refractivity contribution in [2.45, 2.75) is 50.3 Å². The summed E-state index contributed by atoms with van der Waals surface area (Å²) in [6.45, 7) is 9.88. The zero-order valence-corrected chi connectivity index (χ0v) is 38.8. The lowest BCUT2D eigenvalue weighted by Gasteiger charge is -2.35. The highest BCUT2D eigenvalue weighted by Gasteiger charge is 2.33. The molecule has 0 aromatic heterocycles. The first-order valence-corrected chi connectivity index (χ1v) is 26.7. The molecule has 0 heterocycles. The molecule has 0 radical (unpaired) electrons. The minimum Gasteiger partial charge on any atom is -0.0622 e. The topological polar surface area (TPSA) is 0 Å². The molecule has 0 amide bonds. The monoisotopic (exact) mass is 852 g/mol. The highest BCUT2D eigenvalue weighted by molar-refractivity contribution is 7.78. The fraction of sp³-hybridized carbons (Fsp3) is 0.143. The van der Waals surface area contributed by atoms with Crippen LogP contribution in [-0.4, -0.2) is 22.6 Å². The summed E-state index contributed by atoms with van der Waals surface area (Å²) in [6, 6.07) is 88.9. The summed E-state index contributed by atoms with van der Waals surface area (Å²) in [4.78, 5) is 0. The van der Waals surface area contributed by atoms with Crippen molar-refractivity contribution >= 4 is 74.1 Å². The third-order valence-electron chi connectivity index (χ3n) is 11.3. The molecule has 4 unspecified atom stereocenters. The standard InChI is InChI=1S/2C28H28P2/c2*1-23(29(25-15-7-3-8-16-25)26-17-9-4-10-18-26)24(2)30(27-19-11-5-12-20-27)28-21-13-6-14-22-28/h2*3-24H,1-2H3. The molecule has 8 rings (SSSR count). The molecule has 300 valence electrons. The first kappa shape index (κ1) is 43.6. The Morgan fingerprint density at radius 1 is 0.183 bits per heavy atom. The van der Waals surface area contributed by atoms with E-state index in [9.17, 15) is 0 Å². The second-order valence-corrected chi connectivity index (χ2v) is 25.5. The van der Waals surface area contributed by atoms with Crippen molar-refractivity contribution in [2.75, 3.05) is 0 Å². The van der Waals surface area contributed by atoms with Crippen molar-refractivity contribution in [1.82, 2.24) is 0 Å². The molecule has 0 saturated heterocycles. The van der Waals surface area contributed by atoms with Gasteiger partial charge in [0.2, 0.25) is 0 Å². The highest BCUT2D eigenvalue weighted by Crippen LogP contribution is 2.52. The minimum atomic E-state index is -0.448. The fourth-order valence-corrected chi connectivity index (χ4v) is 20.3. The summed E-state index contributed by atoms with van der Waals surface area (Å²) in [5.74, 6) is 0. The average Bonchev–Trinajstić information content (AvgIpc) is 3.32. The molecule has 0 spiro atoms. The zero-order valence-electron chi connectivity index (χ0n) is 35.2. The van der Waals surface area contributed by atoms with Crippen LogP contribution in [0.2, 0.25) is 0 Å². The highest BCUT2D eigenvalue weighted by atomic mass is 31.1. The van der Waals surface area contributed by atoms with Crippen molar-refractivity contribution in [1.29, 1.82) is 0 Å². The van der Waals surface area contributed by atoms with Gasteiger partial charge in [-0.3, -0.25) is 0 Å². The number of benzene rings is 8. The van der Waals surface area contributed by atoms with E-state index in [-0.39, 0.29) is 0 Å². The number of hydrogen-bond donors (Lipinski definition) is 0. The van der Waals surface area contributed by atoms with Gasteiger partial charge in [0.15, 0.2) is 0 Å². The molecular formula is C56H56P4. The van der Waals surface area contributed by atoms with Crippen molar-refractivity contribution in [3.8, 4) is 0 Å². The lowest BCUT2D eigenvalue weighted by molar-refractivity contribution is 0.912. The van der Waals surface area contributed by atoms with Gasteiger partial charge in [-0.1, -0.05) is 270 Å². The van der Waals surface area contributed by atoms with E-state index in [0.29, 0.717) is 22.6 Å². The maximum absolute atomic E-state index is 2.47. The predicted molar refractivity (Wildman–Crippen MR) is 274 cm³/mol. The Bertz CT molecular complexity index is 1880. The lowest BCUT2D eigenvalue weighted by Crippen LogP contribution is -2.31. The second-order valence-electron chi connectivity index (χ2n) is 15.1. The van der Waals surface area contributed by atoms with Gasteiger partial charge >= 0.3 is 0 Å². The van der Waals surface area contributed by atoms with Crippen LogP contribution in [0.5, 0.6) is 0 Å². The Balaban J connectivity index is 0.000000181. The van der Waals surface area contributed by atoms with E-state index in [2.05, 4.69) is 270 Å². The lowest BCUT2D eigenvalue weighted by atomic mass is 10.3. The third-order valence-corrected chi connectivity index (χ3v) is 23.7. The van der Waals surface area contributed by atoms with Crippen LogP contribution < -0.4 is 42.4 Å². The molecule has 8 aromatic rings. The van der Waals surface area contributed by atoms with Gasteiger partial charge in [0.05, 0.1) is 0 Å². The summed E-state index contributed by atoms with van der Waals surface area (Å²) < 4.78 is 0. The van der Waals surface area contributed by atoms with Crippen LogP contribution in [0.4, 0.5) is 0 Å². The molecule has 0 nitrogen and oxygen atoms in total. The van der Waals surface area contributed by atoms with Crippen molar-refractivity contribution in [3.63, 3.8) is 0 Å². The van der Waals surface area contributed by atoms with Gasteiger partial charge in [-0.15, -0.1) is 0 Å². The van der Waals surface area contributed by atoms with E-state index >= 15 is 0 Å². The molecule has 0 aliphatic rings. The Hall–Kier alpha value is -4.52. The number of hydrogen-bond acceptors (Lipinski definition) is 0. The molecule has 0 N–H and O–H groups in total. The SMILES string of the molecule is CC(C(C)P(c1ccccc1)c1ccccc1)P(c1ccccc1)c1ccccc1.CC(C(C)P(c1ccccc1)c1ccccc1)P(c1ccccc1)c1ccccc1. The van der Waals surface area contributed by atoms with Gasteiger partial charge in [-0.2, -0.15) is 0 Å². The van der Waals surface area contributed by atoms with Gasteiger partial charge in [-0.05, 0) is 96.8 Å². The van der Waals surface area contributed by atoms with E-state index in [1.54, 1.807) is 0 Å². The van der Waals surface area contributed by atoms with Crippen LogP contribution in [0.1, 0.15) is 27.7 Å². The fourth-order valence-electron chi connectivity index (χ4n) is 8.05. The Kier molecular flexibility index (Phi) is 16.2. The molecule has 4 atom stereocenters. The summed E-state index contributed by atoms with van der Waals surface area (Å²) >= 11 is 0.